The molecule has 0 spiro atoms. The number of hydrogen-bond donors (Lipinski definition) is 1. The molecule has 0 amide bonds. The van der Waals surface area contributed by atoms with E-state index in [0.29, 0.717) is 0 Å². The summed E-state index contributed by atoms with van der Waals surface area (Å²) in [5, 5.41) is 0. The molecule has 8 heteroatoms. The first-order chi connectivity index (χ1) is 6.73. The third-order valence-electron chi connectivity index (χ3n) is 1.51. The molecule has 1 aromatic rings. The zero-order chi connectivity index (χ0) is 11.8. The minimum absolute atomic E-state index is 0.245. The molecule has 0 saturated carbocycles. The smallest absolute Gasteiger partial charge is 0.384 e. The molecule has 2 nitrogen and oxygen atoms in total. The number of halogens is 6. The van der Waals surface area contributed by atoms with Gasteiger partial charge in [-0.1, -0.05) is 0 Å². The maximum absolute atomic E-state index is 12.8. The molecular formula is C7H4F6N2. The van der Waals surface area contributed by atoms with Gasteiger partial charge in [-0.05, 0) is 0 Å². The van der Waals surface area contributed by atoms with E-state index in [1.807, 2.05) is 0 Å². The molecule has 0 unspecified atom stereocenters. The van der Waals surface area contributed by atoms with Crippen molar-refractivity contribution in [3.63, 3.8) is 0 Å². The second-order valence-corrected chi connectivity index (χ2v) is 2.59. The Morgan fingerprint density at radius 2 is 1.80 bits per heavy atom. The molecule has 0 aliphatic carbocycles. The zero-order valence-electron chi connectivity index (χ0n) is 6.95. The van der Waals surface area contributed by atoms with E-state index < -0.39 is 35.5 Å². The van der Waals surface area contributed by atoms with Crippen molar-refractivity contribution in [2.45, 2.75) is 12.6 Å². The highest BCUT2D eigenvalue weighted by Gasteiger charge is 2.40. The Labute approximate surface area is 79.7 Å². The number of nitrogen functional groups attached to an aromatic ring is 1. The van der Waals surface area contributed by atoms with Crippen LogP contribution in [0.25, 0.3) is 0 Å². The second kappa shape index (κ2) is 3.59. The van der Waals surface area contributed by atoms with Crippen LogP contribution in [0.2, 0.25) is 0 Å². The van der Waals surface area contributed by atoms with E-state index >= 15 is 0 Å². The van der Waals surface area contributed by atoms with Crippen LogP contribution in [-0.4, -0.2) is 4.98 Å². The summed E-state index contributed by atoms with van der Waals surface area (Å²) in [6, 6.07) is 0.245. The number of aromatic nitrogens is 1. The van der Waals surface area contributed by atoms with Gasteiger partial charge in [0.05, 0.1) is 0 Å². The zero-order valence-corrected chi connectivity index (χ0v) is 6.95. The van der Waals surface area contributed by atoms with Crippen LogP contribution >= 0.6 is 0 Å². The fourth-order valence-electron chi connectivity index (χ4n) is 0.990. The fraction of sp³-hybridized carbons (Fsp3) is 0.286. The molecule has 0 saturated heterocycles. The van der Waals surface area contributed by atoms with Crippen LogP contribution < -0.4 is 5.73 Å². The van der Waals surface area contributed by atoms with Crippen LogP contribution in [0, 0.1) is 5.82 Å². The van der Waals surface area contributed by atoms with Gasteiger partial charge in [-0.15, -0.1) is 0 Å². The summed E-state index contributed by atoms with van der Waals surface area (Å²) in [6.45, 7) is 0. The van der Waals surface area contributed by atoms with E-state index in [-0.39, 0.29) is 6.07 Å². The summed E-state index contributed by atoms with van der Waals surface area (Å²) >= 11 is 0. The number of anilines is 1. The van der Waals surface area contributed by atoms with Crippen molar-refractivity contribution >= 4 is 5.82 Å². The molecule has 0 atom stereocenters. The van der Waals surface area contributed by atoms with Gasteiger partial charge in [0.15, 0.2) is 0 Å². The molecule has 1 aromatic heterocycles. The van der Waals surface area contributed by atoms with Crippen LogP contribution in [0.4, 0.5) is 32.2 Å². The standard InChI is InChI=1S/C7H4F6N2/c8-2-1-3(14)15-5(6(9)10)4(2)7(11,12)13/h1,6H,(H2,14,15). The molecule has 0 aliphatic rings. The third-order valence-corrected chi connectivity index (χ3v) is 1.51. The van der Waals surface area contributed by atoms with E-state index in [0.717, 1.165) is 0 Å². The Morgan fingerprint density at radius 1 is 1.27 bits per heavy atom. The van der Waals surface area contributed by atoms with Crippen molar-refractivity contribution in [3.05, 3.63) is 23.1 Å². The van der Waals surface area contributed by atoms with Crippen LogP contribution in [0.3, 0.4) is 0 Å². The Hall–Kier alpha value is -1.47. The van der Waals surface area contributed by atoms with Gasteiger partial charge in [0.25, 0.3) is 6.43 Å². The Kier molecular flexibility index (Phi) is 2.78. The number of rotatable bonds is 1. The van der Waals surface area contributed by atoms with Gasteiger partial charge < -0.3 is 5.73 Å². The summed E-state index contributed by atoms with van der Waals surface area (Å²) in [6.07, 6.45) is -8.77. The van der Waals surface area contributed by atoms with Gasteiger partial charge in [0, 0.05) is 6.07 Å². The second-order valence-electron chi connectivity index (χ2n) is 2.59. The maximum atomic E-state index is 12.8. The average Bonchev–Trinajstić information content (AvgIpc) is 1.99. The summed E-state index contributed by atoms with van der Waals surface area (Å²) < 4.78 is 73.5. The first kappa shape index (κ1) is 11.6. The van der Waals surface area contributed by atoms with Crippen molar-refractivity contribution in [2.24, 2.45) is 0 Å². The van der Waals surface area contributed by atoms with Crippen LogP contribution in [0.1, 0.15) is 17.7 Å². The normalized spacial score (nSPS) is 12.2. The topological polar surface area (TPSA) is 38.9 Å². The summed E-state index contributed by atoms with van der Waals surface area (Å²) in [7, 11) is 0. The summed E-state index contributed by atoms with van der Waals surface area (Å²) in [5.74, 6) is -2.58. The first-order valence-corrected chi connectivity index (χ1v) is 3.54. The van der Waals surface area contributed by atoms with Crippen molar-refractivity contribution < 1.29 is 26.3 Å². The van der Waals surface area contributed by atoms with Crippen LogP contribution in [-0.2, 0) is 6.18 Å². The lowest BCUT2D eigenvalue weighted by molar-refractivity contribution is -0.142. The Bertz CT molecular complexity index is 372. The molecule has 0 aromatic carbocycles. The molecule has 1 heterocycles. The van der Waals surface area contributed by atoms with Crippen molar-refractivity contribution in [1.29, 1.82) is 0 Å². The van der Waals surface area contributed by atoms with Gasteiger partial charge >= 0.3 is 6.18 Å². The number of nitrogens with zero attached hydrogens (tertiary/aromatic N) is 1. The van der Waals surface area contributed by atoms with Gasteiger partial charge in [-0.2, -0.15) is 13.2 Å². The number of hydrogen-bond acceptors (Lipinski definition) is 2. The van der Waals surface area contributed by atoms with Crippen LogP contribution in [0.5, 0.6) is 0 Å². The number of nitrogens with two attached hydrogens (primary N) is 1. The highest BCUT2D eigenvalue weighted by atomic mass is 19.4. The van der Waals surface area contributed by atoms with E-state index in [4.69, 9.17) is 5.73 Å². The predicted molar refractivity (Wildman–Crippen MR) is 38.6 cm³/mol. The average molecular weight is 230 g/mol. The molecular weight excluding hydrogens is 226 g/mol. The summed E-state index contributed by atoms with van der Waals surface area (Å²) in [5.41, 5.74) is 1.09. The number of alkyl halides is 5. The van der Waals surface area contributed by atoms with E-state index in [9.17, 15) is 26.3 Å². The van der Waals surface area contributed by atoms with E-state index in [2.05, 4.69) is 4.98 Å². The molecule has 0 radical (unpaired) electrons. The number of pyridine rings is 1. The van der Waals surface area contributed by atoms with E-state index in [1.165, 1.54) is 0 Å². The summed E-state index contributed by atoms with van der Waals surface area (Å²) in [4.78, 5) is 2.77. The molecule has 0 fully saturated rings. The van der Waals surface area contributed by atoms with Gasteiger partial charge in [0.1, 0.15) is 22.9 Å². The minimum atomic E-state index is -5.23. The molecule has 0 bridgehead atoms. The van der Waals surface area contributed by atoms with Gasteiger partial charge in [-0.25, -0.2) is 18.2 Å². The monoisotopic (exact) mass is 230 g/mol. The lowest BCUT2D eigenvalue weighted by Gasteiger charge is -2.12. The van der Waals surface area contributed by atoms with Crippen molar-refractivity contribution in [1.82, 2.24) is 4.98 Å². The molecule has 2 N–H and O–H groups in total. The minimum Gasteiger partial charge on any atom is -0.384 e. The van der Waals surface area contributed by atoms with E-state index in [1.54, 1.807) is 0 Å². The van der Waals surface area contributed by atoms with Crippen molar-refractivity contribution in [3.8, 4) is 0 Å². The Balaban J connectivity index is 3.48. The molecule has 0 aliphatic heterocycles. The fourth-order valence-corrected chi connectivity index (χ4v) is 0.990. The SMILES string of the molecule is Nc1cc(F)c(C(F)(F)F)c(C(F)F)n1. The Morgan fingerprint density at radius 3 is 2.20 bits per heavy atom. The predicted octanol–water partition coefficient (Wildman–Crippen LogP) is 2.76. The third kappa shape index (κ3) is 2.31. The van der Waals surface area contributed by atoms with Crippen molar-refractivity contribution in [2.75, 3.05) is 5.73 Å². The largest absolute Gasteiger partial charge is 0.421 e. The van der Waals surface area contributed by atoms with Crippen LogP contribution in [0.15, 0.2) is 6.07 Å². The first-order valence-electron chi connectivity index (χ1n) is 3.54. The lowest BCUT2D eigenvalue weighted by Crippen LogP contribution is -2.15. The van der Waals surface area contributed by atoms with Gasteiger partial charge in [-0.3, -0.25) is 0 Å². The highest BCUT2D eigenvalue weighted by molar-refractivity contribution is 5.37. The maximum Gasteiger partial charge on any atom is 0.421 e. The van der Waals surface area contributed by atoms with Gasteiger partial charge in [0.2, 0.25) is 0 Å². The quantitative estimate of drug-likeness (QED) is 0.753. The molecule has 15 heavy (non-hydrogen) atoms. The molecule has 84 valence electrons. The highest BCUT2D eigenvalue weighted by Crippen LogP contribution is 2.37. The lowest BCUT2D eigenvalue weighted by atomic mass is 10.1. The molecule has 1 rings (SSSR count).